The minimum atomic E-state index is -0.400. The quantitative estimate of drug-likeness (QED) is 0.909. The maximum absolute atomic E-state index is 12.3. The Kier molecular flexibility index (Phi) is 5.07. The van der Waals surface area contributed by atoms with E-state index in [-0.39, 0.29) is 11.8 Å². The number of ether oxygens (including phenoxy) is 1. The van der Waals surface area contributed by atoms with Crippen LogP contribution in [-0.2, 0) is 4.79 Å². The van der Waals surface area contributed by atoms with Crippen LogP contribution in [0.4, 0.5) is 5.69 Å². The van der Waals surface area contributed by atoms with Crippen molar-refractivity contribution >= 4 is 11.6 Å². The largest absolute Gasteiger partial charge is 0.495 e. The van der Waals surface area contributed by atoms with E-state index < -0.39 is 6.04 Å². The first kappa shape index (κ1) is 15.6. The second-order valence-electron chi connectivity index (χ2n) is 5.75. The summed E-state index contributed by atoms with van der Waals surface area (Å²) in [4.78, 5) is 16.4. The summed E-state index contributed by atoms with van der Waals surface area (Å²) in [7, 11) is 1.68. The first-order valence-electron chi connectivity index (χ1n) is 7.47. The van der Waals surface area contributed by atoms with Gasteiger partial charge in [0, 0.05) is 26.2 Å². The highest BCUT2D eigenvalue weighted by Crippen LogP contribution is 2.28. The monoisotopic (exact) mass is 291 g/mol. The molecule has 0 aliphatic carbocycles. The molecule has 1 aliphatic heterocycles. The second kappa shape index (κ2) is 6.80. The molecule has 1 aliphatic rings. The molecule has 1 amide bonds. The van der Waals surface area contributed by atoms with Crippen molar-refractivity contribution in [1.82, 2.24) is 4.90 Å². The lowest BCUT2D eigenvalue weighted by Crippen LogP contribution is -2.54. The van der Waals surface area contributed by atoms with Gasteiger partial charge in [-0.1, -0.05) is 26.0 Å². The lowest BCUT2D eigenvalue weighted by atomic mass is 10.0. The highest BCUT2D eigenvalue weighted by atomic mass is 16.5. The summed E-state index contributed by atoms with van der Waals surface area (Å²) in [6, 6.07) is 7.58. The van der Waals surface area contributed by atoms with Crippen LogP contribution in [-0.4, -0.2) is 50.1 Å². The topological polar surface area (TPSA) is 58.8 Å². The number of nitrogens with two attached hydrogens (primary N) is 1. The van der Waals surface area contributed by atoms with E-state index in [4.69, 9.17) is 10.5 Å². The number of benzene rings is 1. The van der Waals surface area contributed by atoms with Crippen LogP contribution in [0.25, 0.3) is 0 Å². The van der Waals surface area contributed by atoms with Gasteiger partial charge in [-0.25, -0.2) is 0 Å². The molecule has 1 aromatic rings. The summed E-state index contributed by atoms with van der Waals surface area (Å²) < 4.78 is 5.40. The molecular formula is C16H25N3O2. The van der Waals surface area contributed by atoms with Crippen molar-refractivity contribution in [3.05, 3.63) is 24.3 Å². The molecule has 2 rings (SSSR count). The van der Waals surface area contributed by atoms with Crippen LogP contribution in [0.15, 0.2) is 24.3 Å². The van der Waals surface area contributed by atoms with Crippen LogP contribution in [0, 0.1) is 5.92 Å². The molecule has 1 unspecified atom stereocenters. The number of para-hydroxylation sites is 2. The molecule has 1 atom stereocenters. The minimum Gasteiger partial charge on any atom is -0.495 e. The fourth-order valence-corrected chi connectivity index (χ4v) is 2.55. The molecule has 0 spiro atoms. The minimum absolute atomic E-state index is 0.0599. The van der Waals surface area contributed by atoms with Crippen LogP contribution in [0.1, 0.15) is 13.8 Å². The number of anilines is 1. The van der Waals surface area contributed by atoms with Crippen LogP contribution >= 0.6 is 0 Å². The number of hydrogen-bond donors (Lipinski definition) is 1. The molecule has 0 saturated carbocycles. The maximum Gasteiger partial charge on any atom is 0.239 e. The lowest BCUT2D eigenvalue weighted by molar-refractivity contribution is -0.133. The van der Waals surface area contributed by atoms with Gasteiger partial charge in [0.15, 0.2) is 0 Å². The van der Waals surface area contributed by atoms with Gasteiger partial charge < -0.3 is 20.3 Å². The van der Waals surface area contributed by atoms with Crippen molar-refractivity contribution in [3.8, 4) is 5.75 Å². The third-order valence-corrected chi connectivity index (χ3v) is 4.02. The van der Waals surface area contributed by atoms with Crippen molar-refractivity contribution in [3.63, 3.8) is 0 Å². The van der Waals surface area contributed by atoms with Crippen LogP contribution in [0.2, 0.25) is 0 Å². The van der Waals surface area contributed by atoms with E-state index in [0.717, 1.165) is 24.5 Å². The average molecular weight is 291 g/mol. The van der Waals surface area contributed by atoms with E-state index in [9.17, 15) is 4.79 Å². The summed E-state index contributed by atoms with van der Waals surface area (Å²) >= 11 is 0. The zero-order valence-corrected chi connectivity index (χ0v) is 13.1. The van der Waals surface area contributed by atoms with Crippen molar-refractivity contribution in [1.29, 1.82) is 0 Å². The number of piperazine rings is 1. The van der Waals surface area contributed by atoms with Crippen molar-refractivity contribution in [2.75, 3.05) is 38.2 Å². The molecule has 1 saturated heterocycles. The first-order chi connectivity index (χ1) is 10.0. The van der Waals surface area contributed by atoms with E-state index >= 15 is 0 Å². The predicted octanol–water partition coefficient (Wildman–Crippen LogP) is 1.33. The summed E-state index contributed by atoms with van der Waals surface area (Å²) in [5.41, 5.74) is 7.04. The zero-order chi connectivity index (χ0) is 15.4. The second-order valence-corrected chi connectivity index (χ2v) is 5.75. The maximum atomic E-state index is 12.3. The molecule has 1 aromatic carbocycles. The molecule has 0 bridgehead atoms. The standard InChI is InChI=1S/C16H25N3O2/c1-12(2)15(17)16(20)19-10-8-18(9-11-19)13-6-4-5-7-14(13)21-3/h4-7,12,15H,8-11,17H2,1-3H3. The Bertz CT molecular complexity index is 482. The van der Waals surface area contributed by atoms with Gasteiger partial charge >= 0.3 is 0 Å². The Labute approximate surface area is 126 Å². The number of rotatable bonds is 4. The van der Waals surface area contributed by atoms with E-state index in [0.29, 0.717) is 13.1 Å². The highest BCUT2D eigenvalue weighted by Gasteiger charge is 2.27. The number of methoxy groups -OCH3 is 1. The van der Waals surface area contributed by atoms with Gasteiger partial charge in [-0.2, -0.15) is 0 Å². The first-order valence-corrected chi connectivity index (χ1v) is 7.47. The van der Waals surface area contributed by atoms with Gasteiger partial charge in [0.25, 0.3) is 0 Å². The van der Waals surface area contributed by atoms with Crippen molar-refractivity contribution in [2.24, 2.45) is 11.7 Å². The Balaban J connectivity index is 1.99. The van der Waals surface area contributed by atoms with Crippen LogP contribution in [0.5, 0.6) is 5.75 Å². The van der Waals surface area contributed by atoms with Crippen LogP contribution < -0.4 is 15.4 Å². The molecule has 5 nitrogen and oxygen atoms in total. The molecule has 21 heavy (non-hydrogen) atoms. The van der Waals surface area contributed by atoms with Gasteiger partial charge in [0.1, 0.15) is 5.75 Å². The SMILES string of the molecule is COc1ccccc1N1CCN(C(=O)C(N)C(C)C)CC1. The smallest absolute Gasteiger partial charge is 0.239 e. The molecule has 0 radical (unpaired) electrons. The summed E-state index contributed by atoms with van der Waals surface area (Å²) in [5, 5.41) is 0. The Morgan fingerprint density at radius 1 is 1.19 bits per heavy atom. The molecule has 1 fully saturated rings. The number of carbonyl (C=O) groups excluding carboxylic acids is 1. The van der Waals surface area contributed by atoms with Crippen molar-refractivity contribution in [2.45, 2.75) is 19.9 Å². The summed E-state index contributed by atoms with van der Waals surface area (Å²) in [5.74, 6) is 1.10. The van der Waals surface area contributed by atoms with Crippen molar-refractivity contribution < 1.29 is 9.53 Å². The average Bonchev–Trinajstić information content (AvgIpc) is 2.53. The van der Waals surface area contributed by atoms with Gasteiger partial charge in [0.05, 0.1) is 18.8 Å². The Hall–Kier alpha value is -1.75. The molecule has 1 heterocycles. The Morgan fingerprint density at radius 3 is 2.38 bits per heavy atom. The number of hydrogen-bond acceptors (Lipinski definition) is 4. The number of carbonyl (C=O) groups is 1. The lowest BCUT2D eigenvalue weighted by Gasteiger charge is -2.38. The fourth-order valence-electron chi connectivity index (χ4n) is 2.55. The molecule has 116 valence electrons. The van der Waals surface area contributed by atoms with Gasteiger partial charge in [-0.3, -0.25) is 4.79 Å². The normalized spacial score (nSPS) is 17.0. The highest BCUT2D eigenvalue weighted by molar-refractivity contribution is 5.82. The number of nitrogens with zero attached hydrogens (tertiary/aromatic N) is 2. The predicted molar refractivity (Wildman–Crippen MR) is 84.6 cm³/mol. The molecule has 2 N–H and O–H groups in total. The molecular weight excluding hydrogens is 266 g/mol. The van der Waals surface area contributed by atoms with E-state index in [2.05, 4.69) is 11.0 Å². The van der Waals surface area contributed by atoms with E-state index in [1.165, 1.54) is 0 Å². The van der Waals surface area contributed by atoms with Gasteiger partial charge in [-0.05, 0) is 18.1 Å². The summed E-state index contributed by atoms with van der Waals surface area (Å²) in [6.45, 7) is 6.98. The summed E-state index contributed by atoms with van der Waals surface area (Å²) in [6.07, 6.45) is 0. The molecule has 0 aromatic heterocycles. The third kappa shape index (κ3) is 3.47. The van der Waals surface area contributed by atoms with E-state index in [1.54, 1.807) is 7.11 Å². The van der Waals surface area contributed by atoms with Gasteiger partial charge in [0.2, 0.25) is 5.91 Å². The van der Waals surface area contributed by atoms with E-state index in [1.807, 2.05) is 36.9 Å². The zero-order valence-electron chi connectivity index (χ0n) is 13.1. The Morgan fingerprint density at radius 2 is 1.81 bits per heavy atom. The molecule has 5 heteroatoms. The van der Waals surface area contributed by atoms with Gasteiger partial charge in [-0.15, -0.1) is 0 Å². The van der Waals surface area contributed by atoms with Crippen LogP contribution in [0.3, 0.4) is 0 Å². The number of amides is 1. The fraction of sp³-hybridized carbons (Fsp3) is 0.562. The third-order valence-electron chi connectivity index (χ3n) is 4.02.